The SMILES string of the molecule is O=C1CCC(N2C(=O)c3ccc(N4CCC(CN5CCC(C(=O)N6CCN(C(=O)OCc7ccccc7)CC6)CC5)CC4)cc3C2=O)C(=O)N1. The highest BCUT2D eigenvalue weighted by atomic mass is 16.6. The highest BCUT2D eigenvalue weighted by molar-refractivity contribution is 6.23. The largest absolute Gasteiger partial charge is 0.445 e. The van der Waals surface area contributed by atoms with Gasteiger partial charge in [-0.05, 0) is 74.9 Å². The van der Waals surface area contributed by atoms with Crippen LogP contribution in [0.15, 0.2) is 48.5 Å². The van der Waals surface area contributed by atoms with Gasteiger partial charge in [0.2, 0.25) is 17.7 Å². The predicted molar refractivity (Wildman–Crippen MR) is 182 cm³/mol. The Morgan fingerprint density at radius 1 is 0.740 bits per heavy atom. The standard InChI is InChI=1S/C37H44N6O7/c44-32-9-8-31(33(45)38-32)43-35(47)29-7-6-28(22-30(29)36(43)48)40-16-10-25(11-17-40)23-39-14-12-27(13-15-39)34(46)41-18-20-42(21-19-41)37(49)50-24-26-4-2-1-3-5-26/h1-7,22,25,27,31H,8-21,23-24H2,(H,38,44,45). The lowest BCUT2D eigenvalue weighted by Gasteiger charge is -2.40. The Labute approximate surface area is 291 Å². The molecule has 5 aliphatic heterocycles. The van der Waals surface area contributed by atoms with Crippen molar-refractivity contribution >= 4 is 41.3 Å². The van der Waals surface area contributed by atoms with Gasteiger partial charge in [-0.15, -0.1) is 0 Å². The Kier molecular flexibility index (Phi) is 9.84. The third-order valence-electron chi connectivity index (χ3n) is 10.9. The topological polar surface area (TPSA) is 140 Å². The van der Waals surface area contributed by atoms with Crippen molar-refractivity contribution in [2.45, 2.75) is 51.2 Å². The maximum atomic E-state index is 13.3. The predicted octanol–water partition coefficient (Wildman–Crippen LogP) is 2.50. The van der Waals surface area contributed by atoms with E-state index in [-0.39, 0.29) is 37.4 Å². The summed E-state index contributed by atoms with van der Waals surface area (Å²) in [6.07, 6.45) is 3.58. The summed E-state index contributed by atoms with van der Waals surface area (Å²) in [5, 5.41) is 2.24. The van der Waals surface area contributed by atoms with Gasteiger partial charge in [0.05, 0.1) is 11.1 Å². The van der Waals surface area contributed by atoms with Gasteiger partial charge in [0.15, 0.2) is 0 Å². The van der Waals surface area contributed by atoms with E-state index in [4.69, 9.17) is 4.74 Å². The molecule has 1 atom stereocenters. The molecule has 1 unspecified atom stereocenters. The molecule has 264 valence electrons. The Balaban J connectivity index is 0.829. The number of carbonyl (C=O) groups excluding carboxylic acids is 6. The van der Waals surface area contributed by atoms with Crippen LogP contribution in [0.4, 0.5) is 10.5 Å². The van der Waals surface area contributed by atoms with Crippen molar-refractivity contribution in [2.75, 3.05) is 63.8 Å². The van der Waals surface area contributed by atoms with Gasteiger partial charge >= 0.3 is 6.09 Å². The Morgan fingerprint density at radius 2 is 1.42 bits per heavy atom. The first kappa shape index (κ1) is 33.7. The summed E-state index contributed by atoms with van der Waals surface area (Å²) in [6.45, 7) is 6.74. The minimum atomic E-state index is -0.971. The monoisotopic (exact) mass is 684 g/mol. The summed E-state index contributed by atoms with van der Waals surface area (Å²) in [7, 11) is 0. The second-order valence-electron chi connectivity index (χ2n) is 14.0. The first-order valence-electron chi connectivity index (χ1n) is 17.8. The number of carbonyl (C=O) groups is 6. The summed E-state index contributed by atoms with van der Waals surface area (Å²) in [5.74, 6) is -1.23. The van der Waals surface area contributed by atoms with Crippen LogP contribution in [0.5, 0.6) is 0 Å². The molecule has 2 aromatic carbocycles. The molecule has 0 bridgehead atoms. The van der Waals surface area contributed by atoms with Crippen LogP contribution in [-0.4, -0.2) is 120 Å². The van der Waals surface area contributed by atoms with Gasteiger partial charge in [0.1, 0.15) is 12.6 Å². The first-order chi connectivity index (χ1) is 24.2. The number of likely N-dealkylation sites (tertiary alicyclic amines) is 1. The molecule has 2 aromatic rings. The molecule has 50 heavy (non-hydrogen) atoms. The second-order valence-corrected chi connectivity index (χ2v) is 14.0. The molecule has 6 amide bonds. The van der Waals surface area contributed by atoms with Gasteiger partial charge in [-0.25, -0.2) is 4.79 Å². The Bertz CT molecular complexity index is 1640. The number of rotatable bonds is 7. The van der Waals surface area contributed by atoms with Gasteiger partial charge in [-0.3, -0.25) is 34.2 Å². The normalized spacial score (nSPS) is 22.5. The molecule has 1 N–H and O–H groups in total. The number of anilines is 1. The number of piperazine rings is 1. The van der Waals surface area contributed by atoms with E-state index in [1.54, 1.807) is 17.0 Å². The van der Waals surface area contributed by atoms with Gasteiger partial charge in [-0.2, -0.15) is 0 Å². The first-order valence-corrected chi connectivity index (χ1v) is 17.8. The number of amides is 6. The van der Waals surface area contributed by atoms with E-state index in [1.807, 2.05) is 41.3 Å². The lowest BCUT2D eigenvalue weighted by atomic mass is 9.91. The van der Waals surface area contributed by atoms with E-state index in [9.17, 15) is 28.8 Å². The zero-order valence-electron chi connectivity index (χ0n) is 28.3. The van der Waals surface area contributed by atoms with Gasteiger partial charge in [0, 0.05) is 63.8 Å². The Hall–Kier alpha value is -4.78. The Morgan fingerprint density at radius 3 is 2.12 bits per heavy atom. The lowest BCUT2D eigenvalue weighted by molar-refractivity contribution is -0.139. The van der Waals surface area contributed by atoms with E-state index < -0.39 is 29.7 Å². The lowest BCUT2D eigenvalue weighted by Crippen LogP contribution is -2.54. The van der Waals surface area contributed by atoms with Gasteiger partial charge in [-0.1, -0.05) is 30.3 Å². The summed E-state index contributed by atoms with van der Waals surface area (Å²) in [5.41, 5.74) is 2.43. The number of hydrogen-bond donors (Lipinski definition) is 1. The van der Waals surface area contributed by atoms with Crippen LogP contribution >= 0.6 is 0 Å². The quantitative estimate of drug-likeness (QED) is 0.436. The van der Waals surface area contributed by atoms with Crippen molar-refractivity contribution in [1.82, 2.24) is 24.9 Å². The minimum absolute atomic E-state index is 0.0185. The van der Waals surface area contributed by atoms with E-state index in [0.717, 1.165) is 74.6 Å². The highest BCUT2D eigenvalue weighted by Crippen LogP contribution is 2.33. The number of fused-ring (bicyclic) bond motifs is 1. The summed E-state index contributed by atoms with van der Waals surface area (Å²) < 4.78 is 5.46. The van der Waals surface area contributed by atoms with Crippen LogP contribution in [0, 0.1) is 11.8 Å². The fraction of sp³-hybridized carbons (Fsp3) is 0.514. The molecule has 0 spiro atoms. The van der Waals surface area contributed by atoms with E-state index in [2.05, 4.69) is 15.1 Å². The van der Waals surface area contributed by atoms with Crippen LogP contribution in [0.3, 0.4) is 0 Å². The molecule has 0 radical (unpaired) electrons. The van der Waals surface area contributed by atoms with Gasteiger partial charge in [0.25, 0.3) is 11.8 Å². The van der Waals surface area contributed by atoms with Gasteiger partial charge < -0.3 is 24.3 Å². The third-order valence-corrected chi connectivity index (χ3v) is 10.9. The number of benzene rings is 2. The van der Waals surface area contributed by atoms with Crippen molar-refractivity contribution in [1.29, 1.82) is 0 Å². The molecule has 4 fully saturated rings. The summed E-state index contributed by atoms with van der Waals surface area (Å²) in [4.78, 5) is 85.5. The smallest absolute Gasteiger partial charge is 0.410 e. The molecular weight excluding hydrogens is 640 g/mol. The van der Waals surface area contributed by atoms with E-state index in [0.29, 0.717) is 43.2 Å². The zero-order valence-corrected chi connectivity index (χ0v) is 28.3. The molecule has 0 aliphatic carbocycles. The fourth-order valence-corrected chi connectivity index (χ4v) is 7.94. The second kappa shape index (κ2) is 14.6. The summed E-state index contributed by atoms with van der Waals surface area (Å²) in [6, 6.07) is 13.9. The number of piperidine rings is 3. The zero-order chi connectivity index (χ0) is 34.8. The number of nitrogens with zero attached hydrogens (tertiary/aromatic N) is 5. The third kappa shape index (κ3) is 7.09. The molecule has 5 aliphatic rings. The molecule has 7 rings (SSSR count). The average molecular weight is 685 g/mol. The highest BCUT2D eigenvalue weighted by Gasteiger charge is 2.45. The molecule has 13 nitrogen and oxygen atoms in total. The van der Waals surface area contributed by atoms with Crippen molar-refractivity contribution < 1.29 is 33.5 Å². The minimum Gasteiger partial charge on any atom is -0.445 e. The molecule has 4 saturated heterocycles. The van der Waals surface area contributed by atoms with E-state index in [1.165, 1.54) is 0 Å². The van der Waals surface area contributed by atoms with Crippen LogP contribution in [0.1, 0.15) is 64.8 Å². The maximum absolute atomic E-state index is 13.3. The van der Waals surface area contributed by atoms with Crippen LogP contribution in [0.2, 0.25) is 0 Å². The number of hydrogen-bond acceptors (Lipinski definition) is 9. The molecule has 5 heterocycles. The van der Waals surface area contributed by atoms with Crippen LogP contribution in [0.25, 0.3) is 0 Å². The van der Waals surface area contributed by atoms with Crippen LogP contribution < -0.4 is 10.2 Å². The van der Waals surface area contributed by atoms with Crippen molar-refractivity contribution in [2.24, 2.45) is 11.8 Å². The average Bonchev–Trinajstić information content (AvgIpc) is 3.39. The van der Waals surface area contributed by atoms with Crippen LogP contribution in [-0.2, 0) is 25.7 Å². The van der Waals surface area contributed by atoms with Crippen molar-refractivity contribution in [3.8, 4) is 0 Å². The number of nitrogens with one attached hydrogen (secondary N) is 1. The molecule has 13 heteroatoms. The summed E-state index contributed by atoms with van der Waals surface area (Å²) >= 11 is 0. The number of imide groups is 2. The molecular formula is C37H44N6O7. The molecule has 0 aromatic heterocycles. The van der Waals surface area contributed by atoms with E-state index >= 15 is 0 Å². The fourth-order valence-electron chi connectivity index (χ4n) is 7.94. The molecule has 0 saturated carbocycles. The van der Waals surface area contributed by atoms with Crippen molar-refractivity contribution in [3.63, 3.8) is 0 Å². The van der Waals surface area contributed by atoms with Crippen molar-refractivity contribution in [3.05, 3.63) is 65.2 Å². The maximum Gasteiger partial charge on any atom is 0.410 e. The number of ether oxygens (including phenoxy) is 1.